The minimum absolute atomic E-state index is 0.0426. The van der Waals surface area contributed by atoms with Crippen LogP contribution in [-0.4, -0.2) is 216 Å². The van der Waals surface area contributed by atoms with E-state index in [1.54, 1.807) is 13.0 Å². The molecular weight excluding hydrogens is 1080 g/mol. The van der Waals surface area contributed by atoms with Gasteiger partial charge in [0.25, 0.3) is 0 Å². The molecular formula is C61H98O22. The highest BCUT2D eigenvalue weighted by Gasteiger charge is 2.76. The van der Waals surface area contributed by atoms with E-state index in [4.69, 9.17) is 37.9 Å². The van der Waals surface area contributed by atoms with Gasteiger partial charge < -0.3 is 99.2 Å². The molecule has 0 aromatic heterocycles. The standard InChI is InChI=1S/C61H98O22/c1-12-13-24-76-52(75)46-44(80-53-41(68)39(66)34(27-63)78-53)43(70)45(81-54-42(69)40(67)38(65)33(26-62)77-54)55(82-46)79-37-21-22-58(9)35(57(37,7)8)20-23-59(10)36(58)19-18-31-32-25-56(5,6)49(73)50(61(32,28-64)48(72)47(71)60(31,59)11)83-51(74)30(4)17-15-14-16-29(2)3/h16-18,32-50,53-55,62-73H,12-15,19-28H2,1-11H3/b30-17-/t32-,33+,34-,35-,36+,37-,38+,39-,40-,41+,42+,43-,44-,45+,46-,47-,48+,49-,50-,53-,54-,55+,58-,59+,60-,61-/m0/s1. The summed E-state index contributed by atoms with van der Waals surface area (Å²) in [6.45, 7) is 19.7. The molecule has 474 valence electrons. The number of aliphatic hydroxyl groups excluding tert-OH is 12. The third-order valence-corrected chi connectivity index (χ3v) is 21.9. The molecule has 4 saturated carbocycles. The minimum Gasteiger partial charge on any atom is -0.464 e. The van der Waals surface area contributed by atoms with Gasteiger partial charge >= 0.3 is 11.9 Å². The van der Waals surface area contributed by atoms with Crippen LogP contribution in [0.1, 0.15) is 140 Å². The molecule has 8 aliphatic rings. The monoisotopic (exact) mass is 1180 g/mol. The molecule has 5 aliphatic carbocycles. The van der Waals surface area contributed by atoms with Gasteiger partial charge in [0.2, 0.25) is 0 Å². The van der Waals surface area contributed by atoms with E-state index < -0.39 is 187 Å². The Hall–Kier alpha value is -2.56. The van der Waals surface area contributed by atoms with Crippen LogP contribution in [0.5, 0.6) is 0 Å². The van der Waals surface area contributed by atoms with E-state index in [0.717, 1.165) is 11.1 Å². The molecule has 3 saturated heterocycles. The second kappa shape index (κ2) is 25.1. The first kappa shape index (κ1) is 66.4. The lowest BCUT2D eigenvalue weighted by Gasteiger charge is -2.73. The number of rotatable bonds is 18. The van der Waals surface area contributed by atoms with Crippen molar-refractivity contribution in [3.63, 3.8) is 0 Å². The van der Waals surface area contributed by atoms with Gasteiger partial charge in [-0.2, -0.15) is 0 Å². The Balaban J connectivity index is 1.11. The smallest absolute Gasteiger partial charge is 0.338 e. The number of hydrogen-bond acceptors (Lipinski definition) is 22. The van der Waals surface area contributed by atoms with Crippen LogP contribution in [0.25, 0.3) is 0 Å². The predicted octanol–water partition coefficient (Wildman–Crippen LogP) is 1.73. The van der Waals surface area contributed by atoms with Crippen LogP contribution >= 0.6 is 0 Å². The fraction of sp³-hybridized carbons (Fsp3) is 0.869. The first-order chi connectivity index (χ1) is 38.9. The van der Waals surface area contributed by atoms with Crippen LogP contribution in [0, 0.1) is 50.2 Å². The fourth-order valence-electron chi connectivity index (χ4n) is 16.7. The summed E-state index contributed by atoms with van der Waals surface area (Å²) >= 11 is 0. The van der Waals surface area contributed by atoms with E-state index >= 15 is 0 Å². The zero-order valence-electron chi connectivity index (χ0n) is 50.3. The molecule has 83 heavy (non-hydrogen) atoms. The van der Waals surface area contributed by atoms with E-state index in [2.05, 4.69) is 39.8 Å². The molecule has 0 bridgehead atoms. The summed E-state index contributed by atoms with van der Waals surface area (Å²) in [5.74, 6) is -2.48. The number of carbonyl (C=O) groups excluding carboxylic acids is 2. The van der Waals surface area contributed by atoms with Gasteiger partial charge in [-0.1, -0.05) is 91.2 Å². The normalized spacial score (nSPS) is 47.5. The summed E-state index contributed by atoms with van der Waals surface area (Å²) in [5.41, 5.74) is -3.12. The molecule has 8 rings (SSSR count). The summed E-state index contributed by atoms with van der Waals surface area (Å²) in [6.07, 6.45) is -19.4. The van der Waals surface area contributed by atoms with E-state index in [9.17, 15) is 70.9 Å². The number of carbonyl (C=O) groups is 2. The molecule has 12 N–H and O–H groups in total. The Labute approximate surface area is 487 Å². The van der Waals surface area contributed by atoms with Crippen molar-refractivity contribution >= 4 is 11.9 Å². The third-order valence-electron chi connectivity index (χ3n) is 21.9. The summed E-state index contributed by atoms with van der Waals surface area (Å²) < 4.78 is 49.1. The van der Waals surface area contributed by atoms with Crippen LogP contribution in [0.2, 0.25) is 0 Å². The van der Waals surface area contributed by atoms with E-state index in [1.165, 1.54) is 0 Å². The number of allylic oxidation sites excluding steroid dienone is 4. The van der Waals surface area contributed by atoms with Crippen molar-refractivity contribution in [1.29, 1.82) is 0 Å². The molecule has 0 radical (unpaired) electrons. The van der Waals surface area contributed by atoms with Crippen molar-refractivity contribution in [1.82, 2.24) is 0 Å². The highest BCUT2D eigenvalue weighted by Crippen LogP contribution is 2.76. The predicted molar refractivity (Wildman–Crippen MR) is 295 cm³/mol. The average molecular weight is 1180 g/mol. The van der Waals surface area contributed by atoms with Gasteiger partial charge in [0, 0.05) is 11.0 Å². The molecule has 3 heterocycles. The maximum atomic E-state index is 14.1. The van der Waals surface area contributed by atoms with Crippen LogP contribution in [0.15, 0.2) is 34.9 Å². The molecule has 26 atom stereocenters. The summed E-state index contributed by atoms with van der Waals surface area (Å²) in [7, 11) is 0. The topological polar surface area (TPSA) is 351 Å². The number of ether oxygens (including phenoxy) is 8. The first-order valence-corrected chi connectivity index (χ1v) is 30.2. The van der Waals surface area contributed by atoms with Crippen molar-refractivity contribution in [2.75, 3.05) is 26.4 Å². The van der Waals surface area contributed by atoms with Gasteiger partial charge in [-0.25, -0.2) is 9.59 Å². The lowest BCUT2D eigenvalue weighted by molar-refractivity contribution is -0.383. The van der Waals surface area contributed by atoms with Gasteiger partial charge in [0.15, 0.2) is 25.0 Å². The summed E-state index contributed by atoms with van der Waals surface area (Å²) in [6, 6.07) is 0. The van der Waals surface area contributed by atoms with Gasteiger partial charge in [-0.05, 0) is 118 Å². The SMILES string of the molecule is CCCCOC(=O)[C@H]1O[C@@H](O[C@H]2CC[C@]3(C)[C@H]4CC=C5[C@@H]6CC(C)(C)[C@@H](O)[C@H](OC(=O)/C(C)=C\CCC=C(C)C)[C@]6(CO)[C@H](O)[C@H](O)[C@@]5(C)[C@]4(C)CC[C@H]3C2(C)C)[C@H](O[C@@H]2O[C@H](CO)[C@@H](O)[C@H](O)[C@H]2O)[C@@H](O)[C@@H]1O[C@@H]1O[C@@H](CO)[C@H](O)[C@H]1O. The number of unbranched alkanes of at least 4 members (excludes halogenated alkanes) is 2. The minimum atomic E-state index is -1.98. The van der Waals surface area contributed by atoms with E-state index in [0.29, 0.717) is 69.8 Å². The fourth-order valence-corrected chi connectivity index (χ4v) is 16.7. The van der Waals surface area contributed by atoms with Gasteiger partial charge in [0.05, 0.1) is 56.3 Å². The lowest BCUT2D eigenvalue weighted by Crippen LogP contribution is -2.76. The highest BCUT2D eigenvalue weighted by molar-refractivity contribution is 5.88. The van der Waals surface area contributed by atoms with Crippen LogP contribution in [0.3, 0.4) is 0 Å². The van der Waals surface area contributed by atoms with Crippen molar-refractivity contribution in [3.05, 3.63) is 34.9 Å². The van der Waals surface area contributed by atoms with Crippen LogP contribution < -0.4 is 0 Å². The molecule has 0 amide bonds. The maximum absolute atomic E-state index is 14.1. The molecule has 3 aliphatic heterocycles. The third kappa shape index (κ3) is 11.3. The highest BCUT2D eigenvalue weighted by atomic mass is 16.8. The van der Waals surface area contributed by atoms with Crippen molar-refractivity contribution < 1.29 is 109 Å². The van der Waals surface area contributed by atoms with Crippen LogP contribution in [-0.2, 0) is 47.5 Å². The Morgan fingerprint density at radius 1 is 0.675 bits per heavy atom. The molecule has 22 nitrogen and oxygen atoms in total. The van der Waals surface area contributed by atoms with Gasteiger partial charge in [0.1, 0.15) is 67.1 Å². The van der Waals surface area contributed by atoms with Crippen LogP contribution in [0.4, 0.5) is 0 Å². The largest absolute Gasteiger partial charge is 0.464 e. The van der Waals surface area contributed by atoms with Crippen molar-refractivity contribution in [3.8, 4) is 0 Å². The summed E-state index contributed by atoms with van der Waals surface area (Å²) in [4.78, 5) is 28.1. The molecule has 0 unspecified atom stereocenters. The number of fused-ring (bicyclic) bond motifs is 7. The van der Waals surface area contributed by atoms with Gasteiger partial charge in [-0.15, -0.1) is 0 Å². The van der Waals surface area contributed by atoms with Crippen molar-refractivity contribution in [2.45, 2.75) is 257 Å². The quantitative estimate of drug-likeness (QED) is 0.0306. The number of aliphatic hydroxyl groups is 12. The second-order valence-electron chi connectivity index (χ2n) is 27.6. The zero-order chi connectivity index (χ0) is 61.3. The Kier molecular flexibility index (Phi) is 20.1. The first-order valence-electron chi connectivity index (χ1n) is 30.2. The average Bonchev–Trinajstić information content (AvgIpc) is 1.03. The van der Waals surface area contributed by atoms with E-state index in [1.807, 2.05) is 41.5 Å². The Morgan fingerprint density at radius 2 is 1.28 bits per heavy atom. The number of esters is 2. The summed E-state index contributed by atoms with van der Waals surface area (Å²) in [5, 5.41) is 136. The molecule has 0 spiro atoms. The number of hydrogen-bond donors (Lipinski definition) is 12. The lowest BCUT2D eigenvalue weighted by atomic mass is 9.32. The zero-order valence-corrected chi connectivity index (χ0v) is 50.3. The maximum Gasteiger partial charge on any atom is 0.338 e. The van der Waals surface area contributed by atoms with Crippen molar-refractivity contribution in [2.24, 2.45) is 50.2 Å². The molecule has 0 aromatic rings. The molecule has 7 fully saturated rings. The second-order valence-corrected chi connectivity index (χ2v) is 27.6. The Bertz CT molecular complexity index is 2370. The molecule has 22 heteroatoms. The molecule has 0 aromatic carbocycles. The van der Waals surface area contributed by atoms with Gasteiger partial charge in [-0.3, -0.25) is 0 Å². The van der Waals surface area contributed by atoms with E-state index in [-0.39, 0.29) is 18.4 Å². The Morgan fingerprint density at radius 3 is 1.88 bits per heavy atom.